The number of benzene rings is 3. The fourth-order valence-corrected chi connectivity index (χ4v) is 7.97. The number of anilines is 2. The molecule has 2 amide bonds. The van der Waals surface area contributed by atoms with Gasteiger partial charge in [0.1, 0.15) is 30.3 Å². The molecule has 3 aromatic carbocycles. The van der Waals surface area contributed by atoms with Crippen LogP contribution in [0.2, 0.25) is 0 Å². The summed E-state index contributed by atoms with van der Waals surface area (Å²) in [6.07, 6.45) is 2.72. The summed E-state index contributed by atoms with van der Waals surface area (Å²) in [5.41, 5.74) is 4.32. The third-order valence-corrected chi connectivity index (χ3v) is 11.4. The number of hydrogen-bond acceptors (Lipinski definition) is 6. The number of aldehydes is 1. The van der Waals surface area contributed by atoms with Crippen molar-refractivity contribution in [3.63, 3.8) is 0 Å². The Balaban J connectivity index is 1.14. The Hall–Kier alpha value is -3.48. The molecule has 6 rings (SSSR count). The molecule has 10 heteroatoms. The lowest BCUT2D eigenvalue weighted by Crippen LogP contribution is -2.65. The summed E-state index contributed by atoms with van der Waals surface area (Å²) in [7, 11) is 5.99. The zero-order valence-corrected chi connectivity index (χ0v) is 26.5. The third-order valence-electron chi connectivity index (χ3n) is 9.10. The van der Waals surface area contributed by atoms with Crippen LogP contribution in [0.4, 0.5) is 16.2 Å². The summed E-state index contributed by atoms with van der Waals surface area (Å²) < 4.78 is 18.1. The molecule has 0 spiro atoms. The summed E-state index contributed by atoms with van der Waals surface area (Å²) >= 11 is 2.52. The lowest BCUT2D eigenvalue weighted by Gasteiger charge is -2.50. The summed E-state index contributed by atoms with van der Waals surface area (Å²) in [5, 5.41) is 5.87. The fraction of sp³-hybridized carbons (Fsp3) is 0.364. The second kappa shape index (κ2) is 11.5. The topological polar surface area (TPSA) is 106 Å². The van der Waals surface area contributed by atoms with Crippen LogP contribution in [-0.4, -0.2) is 71.9 Å². The van der Waals surface area contributed by atoms with Gasteiger partial charge in [0, 0.05) is 24.0 Å². The van der Waals surface area contributed by atoms with Gasteiger partial charge in [-0.3, -0.25) is 14.9 Å². The van der Waals surface area contributed by atoms with Crippen LogP contribution in [0, 0.1) is 0 Å². The molecule has 3 aliphatic rings. The first kappa shape index (κ1) is 29.6. The summed E-state index contributed by atoms with van der Waals surface area (Å²) in [4.78, 5) is 37.1. The maximum absolute atomic E-state index is 13.3. The van der Waals surface area contributed by atoms with Crippen LogP contribution in [-0.2, 0) is 20.7 Å². The SMILES string of the molecule is COc1cc(C=O)ccc1NC(=O)CCc1ccc(-c2ccccc2)c(NC(=O)O[C@H]2C[C@H]3[C@@H]4O[C@H]4[C@](I)(C2)[N+]3(C)C)c1. The smallest absolute Gasteiger partial charge is 0.411 e. The number of morpholine rings is 1. The van der Waals surface area contributed by atoms with Gasteiger partial charge in [-0.1, -0.05) is 42.5 Å². The molecular weight excluding hydrogens is 661 g/mol. The van der Waals surface area contributed by atoms with Gasteiger partial charge >= 0.3 is 6.09 Å². The van der Waals surface area contributed by atoms with Crippen molar-refractivity contribution < 1.29 is 33.1 Å². The minimum Gasteiger partial charge on any atom is -0.495 e. The monoisotopic (exact) mass is 696 g/mol. The molecule has 3 heterocycles. The fourth-order valence-electron chi connectivity index (χ4n) is 6.62. The average Bonchev–Trinajstić information content (AvgIpc) is 3.78. The number of ether oxygens (including phenoxy) is 3. The van der Waals surface area contributed by atoms with Crippen molar-refractivity contribution in [1.29, 1.82) is 0 Å². The predicted molar refractivity (Wildman–Crippen MR) is 172 cm³/mol. The number of fused-ring (bicyclic) bond motifs is 5. The molecule has 224 valence electrons. The highest BCUT2D eigenvalue weighted by atomic mass is 127. The van der Waals surface area contributed by atoms with Crippen LogP contribution in [0.5, 0.6) is 5.75 Å². The highest BCUT2D eigenvalue weighted by Gasteiger charge is 2.78. The molecule has 5 atom stereocenters. The number of aryl methyl sites for hydroxylation is 1. The molecule has 2 N–H and O–H groups in total. The Bertz CT molecular complexity index is 1560. The molecule has 0 radical (unpaired) electrons. The van der Waals surface area contributed by atoms with Crippen molar-refractivity contribution in [3.8, 4) is 16.9 Å². The van der Waals surface area contributed by atoms with Gasteiger partial charge in [-0.2, -0.15) is 0 Å². The number of piperidine rings is 1. The first-order valence-electron chi connectivity index (χ1n) is 14.4. The number of likely N-dealkylation sites (N-methyl/N-ethyl adjacent to an activating group) is 1. The average molecular weight is 697 g/mol. The lowest BCUT2D eigenvalue weighted by atomic mass is 9.96. The van der Waals surface area contributed by atoms with E-state index in [0.717, 1.165) is 40.3 Å². The highest BCUT2D eigenvalue weighted by Crippen LogP contribution is 2.61. The van der Waals surface area contributed by atoms with E-state index in [1.54, 1.807) is 18.2 Å². The normalized spacial score (nSPS) is 26.1. The number of quaternary nitrogens is 1. The number of methoxy groups -OCH3 is 1. The van der Waals surface area contributed by atoms with Crippen LogP contribution in [0.15, 0.2) is 66.7 Å². The molecule has 43 heavy (non-hydrogen) atoms. The van der Waals surface area contributed by atoms with E-state index in [0.29, 0.717) is 35.2 Å². The van der Waals surface area contributed by atoms with E-state index in [9.17, 15) is 14.4 Å². The Morgan fingerprint density at radius 3 is 2.58 bits per heavy atom. The summed E-state index contributed by atoms with van der Waals surface area (Å²) in [6, 6.07) is 20.8. The van der Waals surface area contributed by atoms with Crippen LogP contribution >= 0.6 is 22.6 Å². The Labute approximate surface area is 264 Å². The Kier molecular flexibility index (Phi) is 7.95. The van der Waals surface area contributed by atoms with Gasteiger partial charge in [-0.05, 0) is 64.4 Å². The largest absolute Gasteiger partial charge is 0.495 e. The van der Waals surface area contributed by atoms with Crippen molar-refractivity contribution in [3.05, 3.63) is 77.9 Å². The van der Waals surface area contributed by atoms with Crippen molar-refractivity contribution in [2.75, 3.05) is 31.8 Å². The van der Waals surface area contributed by atoms with Crippen LogP contribution in [0.25, 0.3) is 11.1 Å². The van der Waals surface area contributed by atoms with E-state index in [-0.39, 0.29) is 34.2 Å². The van der Waals surface area contributed by atoms with Crippen LogP contribution in [0.1, 0.15) is 35.2 Å². The number of hydrogen-bond donors (Lipinski definition) is 2. The highest BCUT2D eigenvalue weighted by molar-refractivity contribution is 14.1. The predicted octanol–water partition coefficient (Wildman–Crippen LogP) is 5.81. The number of alkyl halides is 1. The zero-order valence-electron chi connectivity index (χ0n) is 24.3. The van der Waals surface area contributed by atoms with Gasteiger partial charge in [0.2, 0.25) is 5.91 Å². The zero-order chi connectivity index (χ0) is 30.4. The number of nitrogens with one attached hydrogen (secondary N) is 2. The molecular formula is C33H35IN3O6+. The molecule has 0 aliphatic carbocycles. The van der Waals surface area contributed by atoms with Gasteiger partial charge in [0.15, 0.2) is 9.65 Å². The number of epoxide rings is 1. The van der Waals surface area contributed by atoms with Gasteiger partial charge in [-0.15, -0.1) is 0 Å². The van der Waals surface area contributed by atoms with Crippen molar-refractivity contribution >= 4 is 52.3 Å². The number of carbonyl (C=O) groups excluding carboxylic acids is 3. The van der Waals surface area contributed by atoms with E-state index in [4.69, 9.17) is 14.2 Å². The minimum absolute atomic E-state index is 0.105. The number of nitrogens with zero attached hydrogens (tertiary/aromatic N) is 1. The standard InChI is InChI=1S/C33H34IN3O6/c1-37(2)27-17-23(18-33(37,34)31-30(27)43-31)42-32(40)36-26-15-20(9-12-24(26)22-7-5-4-6-8-22)11-14-29(39)35-25-13-10-21(19-38)16-28(25)41-3/h4-10,12-13,15-16,19,23,27,30-31H,11,14,17-18H2,1-3H3,(H-,35,36,38,39,40)/p+1/t23-,27-,30-,31+,33-/m0/s1. The van der Waals surface area contributed by atoms with Gasteiger partial charge in [0.25, 0.3) is 0 Å². The van der Waals surface area contributed by atoms with E-state index in [2.05, 4.69) is 47.3 Å². The number of rotatable bonds is 9. The van der Waals surface area contributed by atoms with Crippen LogP contribution in [0.3, 0.4) is 0 Å². The second-order valence-electron chi connectivity index (χ2n) is 11.9. The number of amides is 2. The molecule has 3 fully saturated rings. The molecule has 3 aromatic rings. The molecule has 0 unspecified atom stereocenters. The lowest BCUT2D eigenvalue weighted by molar-refractivity contribution is -0.943. The number of halogens is 1. The molecule has 2 bridgehead atoms. The van der Waals surface area contributed by atoms with Crippen LogP contribution < -0.4 is 15.4 Å². The van der Waals surface area contributed by atoms with E-state index in [1.165, 1.54) is 7.11 Å². The van der Waals surface area contributed by atoms with Gasteiger partial charge in [0.05, 0.1) is 39.0 Å². The molecule has 3 aliphatic heterocycles. The molecule has 0 saturated carbocycles. The summed E-state index contributed by atoms with van der Waals surface area (Å²) in [6.45, 7) is 0. The first-order valence-corrected chi connectivity index (χ1v) is 15.5. The van der Waals surface area contributed by atoms with E-state index in [1.807, 2.05) is 48.5 Å². The van der Waals surface area contributed by atoms with Crippen molar-refractivity contribution in [2.45, 2.75) is 53.6 Å². The Morgan fingerprint density at radius 1 is 1.07 bits per heavy atom. The Morgan fingerprint density at radius 2 is 1.86 bits per heavy atom. The first-order chi connectivity index (χ1) is 20.6. The number of carbonyl (C=O) groups is 3. The van der Waals surface area contributed by atoms with Gasteiger partial charge < -0.3 is 24.0 Å². The van der Waals surface area contributed by atoms with E-state index >= 15 is 0 Å². The van der Waals surface area contributed by atoms with E-state index < -0.39 is 6.09 Å². The quantitative estimate of drug-likeness (QED) is 0.0731. The third kappa shape index (κ3) is 5.63. The second-order valence-corrected chi connectivity index (χ2v) is 13.8. The molecule has 9 nitrogen and oxygen atoms in total. The van der Waals surface area contributed by atoms with Crippen molar-refractivity contribution in [1.82, 2.24) is 0 Å². The maximum atomic E-state index is 13.3. The molecule has 3 saturated heterocycles. The molecule has 0 aromatic heterocycles. The van der Waals surface area contributed by atoms with Crippen molar-refractivity contribution in [2.24, 2.45) is 0 Å². The summed E-state index contributed by atoms with van der Waals surface area (Å²) in [5.74, 6) is 0.225. The maximum Gasteiger partial charge on any atom is 0.411 e. The van der Waals surface area contributed by atoms with Gasteiger partial charge in [-0.25, -0.2) is 4.79 Å². The minimum atomic E-state index is -0.482.